The number of benzene rings is 2. The van der Waals surface area contributed by atoms with E-state index in [0.717, 1.165) is 60.2 Å². The van der Waals surface area contributed by atoms with E-state index in [0.29, 0.717) is 22.6 Å². The molecule has 0 atom stereocenters. The predicted molar refractivity (Wildman–Crippen MR) is 152 cm³/mol. The topological polar surface area (TPSA) is 87.4 Å². The van der Waals surface area contributed by atoms with Gasteiger partial charge in [-0.15, -0.1) is 0 Å². The van der Waals surface area contributed by atoms with Crippen LogP contribution >= 0.6 is 0 Å². The molecule has 0 spiro atoms. The Kier molecular flexibility index (Phi) is 8.51. The van der Waals surface area contributed by atoms with Gasteiger partial charge in [-0.05, 0) is 55.9 Å². The summed E-state index contributed by atoms with van der Waals surface area (Å²) in [5.74, 6) is 6.44. The van der Waals surface area contributed by atoms with Crippen molar-refractivity contribution in [2.24, 2.45) is 0 Å². The van der Waals surface area contributed by atoms with Crippen LogP contribution < -0.4 is 16.0 Å². The van der Waals surface area contributed by atoms with Gasteiger partial charge in [-0.25, -0.2) is 9.37 Å². The van der Waals surface area contributed by atoms with Crippen molar-refractivity contribution in [3.63, 3.8) is 0 Å². The standard InChI is InChI=1S/C18H13N3O.C12H18FN3/c1-12-4-5-13(11-22)9-14(12)6-7-15-10-21-18(19)17-16(15)3-2-8-20-17;1-14-10-3-4-12(11(13)9-10)16-7-5-15(2)6-8-16/h2-5,8-11H,1H3,(H2,19,21);3-4,9,14H,5-8H2,1-2H3. The number of aromatic nitrogens is 2. The van der Waals surface area contributed by atoms with Crippen LogP contribution in [0.25, 0.3) is 10.9 Å². The van der Waals surface area contributed by atoms with Crippen LogP contribution in [0, 0.1) is 24.6 Å². The molecule has 7 nitrogen and oxygen atoms in total. The number of hydrogen-bond acceptors (Lipinski definition) is 7. The number of piperazine rings is 1. The molecule has 0 unspecified atom stereocenters. The number of nitrogens with zero attached hydrogens (tertiary/aromatic N) is 4. The fourth-order valence-electron chi connectivity index (χ4n) is 4.14. The predicted octanol–water partition coefficient (Wildman–Crippen LogP) is 4.35. The summed E-state index contributed by atoms with van der Waals surface area (Å²) in [6.07, 6.45) is 4.13. The molecule has 0 bridgehead atoms. The second kappa shape index (κ2) is 12.2. The number of rotatable bonds is 3. The number of anilines is 3. The fourth-order valence-corrected chi connectivity index (χ4v) is 4.14. The minimum absolute atomic E-state index is 0.142. The first-order valence-corrected chi connectivity index (χ1v) is 12.4. The van der Waals surface area contributed by atoms with Crippen LogP contribution in [0.1, 0.15) is 27.0 Å². The summed E-state index contributed by atoms with van der Waals surface area (Å²) in [6.45, 7) is 5.73. The molecule has 1 aliphatic rings. The Bertz CT molecular complexity index is 1500. The molecule has 2 aromatic carbocycles. The van der Waals surface area contributed by atoms with E-state index in [2.05, 4.69) is 44.0 Å². The van der Waals surface area contributed by atoms with Gasteiger partial charge in [-0.2, -0.15) is 0 Å². The first kappa shape index (κ1) is 26.6. The van der Waals surface area contributed by atoms with Crippen molar-refractivity contribution < 1.29 is 9.18 Å². The highest BCUT2D eigenvalue weighted by atomic mass is 19.1. The summed E-state index contributed by atoms with van der Waals surface area (Å²) in [6, 6.07) is 14.5. The molecule has 38 heavy (non-hydrogen) atoms. The van der Waals surface area contributed by atoms with Crippen LogP contribution in [-0.4, -0.2) is 61.4 Å². The Hall–Kier alpha value is -4.48. The van der Waals surface area contributed by atoms with E-state index in [4.69, 9.17) is 5.73 Å². The lowest BCUT2D eigenvalue weighted by atomic mass is 10.0. The van der Waals surface area contributed by atoms with Gasteiger partial charge >= 0.3 is 0 Å². The summed E-state index contributed by atoms with van der Waals surface area (Å²) < 4.78 is 13.8. The minimum Gasteiger partial charge on any atom is -0.388 e. The van der Waals surface area contributed by atoms with Crippen LogP contribution in [-0.2, 0) is 0 Å². The molecule has 5 rings (SSSR count). The van der Waals surface area contributed by atoms with Gasteiger partial charge in [0, 0.05) is 67.8 Å². The molecule has 2 aromatic heterocycles. The number of carbonyl (C=O) groups is 1. The second-order valence-corrected chi connectivity index (χ2v) is 9.11. The van der Waals surface area contributed by atoms with Crippen molar-refractivity contribution in [3.05, 3.63) is 89.0 Å². The number of nitrogens with two attached hydrogens (primary N) is 1. The van der Waals surface area contributed by atoms with E-state index in [1.165, 1.54) is 0 Å². The number of aryl methyl sites for hydroxylation is 1. The summed E-state index contributed by atoms with van der Waals surface area (Å²) in [7, 11) is 3.89. The lowest BCUT2D eigenvalue weighted by molar-refractivity contribution is 0.112. The highest BCUT2D eigenvalue weighted by Gasteiger charge is 2.17. The lowest BCUT2D eigenvalue weighted by Crippen LogP contribution is -2.44. The zero-order valence-electron chi connectivity index (χ0n) is 21.8. The van der Waals surface area contributed by atoms with E-state index in [1.54, 1.807) is 37.6 Å². The highest BCUT2D eigenvalue weighted by Crippen LogP contribution is 2.23. The Morgan fingerprint density at radius 1 is 1.03 bits per heavy atom. The van der Waals surface area contributed by atoms with Gasteiger partial charge < -0.3 is 20.9 Å². The molecule has 3 heterocycles. The Morgan fingerprint density at radius 3 is 2.50 bits per heavy atom. The molecule has 4 aromatic rings. The van der Waals surface area contributed by atoms with Crippen molar-refractivity contribution in [1.29, 1.82) is 0 Å². The maximum absolute atomic E-state index is 13.8. The Labute approximate surface area is 222 Å². The number of hydrogen-bond donors (Lipinski definition) is 2. The van der Waals surface area contributed by atoms with Gasteiger partial charge in [0.05, 0.1) is 11.3 Å². The summed E-state index contributed by atoms with van der Waals surface area (Å²) in [4.78, 5) is 23.6. The third-order valence-corrected chi connectivity index (χ3v) is 6.48. The van der Waals surface area contributed by atoms with Gasteiger partial charge in [0.1, 0.15) is 23.4 Å². The van der Waals surface area contributed by atoms with Crippen LogP contribution in [0.5, 0.6) is 0 Å². The van der Waals surface area contributed by atoms with Crippen molar-refractivity contribution in [3.8, 4) is 11.8 Å². The average Bonchev–Trinajstić information content (AvgIpc) is 2.94. The Balaban J connectivity index is 0.000000186. The number of fused-ring (bicyclic) bond motifs is 1. The molecule has 0 aliphatic carbocycles. The number of likely N-dealkylation sites (N-methyl/N-ethyl adjacent to an activating group) is 1. The number of aldehydes is 1. The third-order valence-electron chi connectivity index (χ3n) is 6.48. The summed E-state index contributed by atoms with van der Waals surface area (Å²) >= 11 is 0. The normalized spacial score (nSPS) is 13.2. The van der Waals surface area contributed by atoms with Crippen LogP contribution in [0.2, 0.25) is 0 Å². The molecular formula is C30H31FN6O. The van der Waals surface area contributed by atoms with Crippen LogP contribution in [0.15, 0.2) is 60.9 Å². The fraction of sp³-hybridized carbons (Fsp3) is 0.233. The second-order valence-electron chi connectivity index (χ2n) is 9.11. The number of pyridine rings is 2. The lowest BCUT2D eigenvalue weighted by Gasteiger charge is -2.34. The SMILES string of the molecule is CNc1ccc(N2CCN(C)CC2)c(F)c1.Cc1ccc(C=O)cc1C#Cc1cnc(N)c2ncccc12. The number of halogens is 1. The smallest absolute Gasteiger partial charge is 0.150 e. The van der Waals surface area contributed by atoms with Crippen LogP contribution in [0.4, 0.5) is 21.6 Å². The van der Waals surface area contributed by atoms with Gasteiger partial charge in [0.2, 0.25) is 0 Å². The third kappa shape index (κ3) is 6.25. The molecule has 0 radical (unpaired) electrons. The zero-order chi connectivity index (χ0) is 27.1. The molecule has 1 fully saturated rings. The number of nitrogen functional groups attached to an aromatic ring is 1. The van der Waals surface area contributed by atoms with Gasteiger partial charge in [0.25, 0.3) is 0 Å². The van der Waals surface area contributed by atoms with Crippen molar-refractivity contribution in [2.45, 2.75) is 6.92 Å². The Morgan fingerprint density at radius 2 is 1.79 bits per heavy atom. The maximum Gasteiger partial charge on any atom is 0.150 e. The van der Waals surface area contributed by atoms with Crippen molar-refractivity contribution in [2.75, 3.05) is 56.2 Å². The highest BCUT2D eigenvalue weighted by molar-refractivity contribution is 5.91. The number of nitrogens with one attached hydrogen (secondary N) is 1. The first-order chi connectivity index (χ1) is 18.4. The van der Waals surface area contributed by atoms with E-state index >= 15 is 0 Å². The maximum atomic E-state index is 13.8. The molecule has 0 amide bonds. The molecule has 194 valence electrons. The average molecular weight is 511 g/mol. The summed E-state index contributed by atoms with van der Waals surface area (Å²) in [5, 5.41) is 3.81. The molecular weight excluding hydrogens is 479 g/mol. The molecule has 1 saturated heterocycles. The molecule has 1 aliphatic heterocycles. The number of carbonyl (C=O) groups excluding carboxylic acids is 1. The van der Waals surface area contributed by atoms with Gasteiger partial charge in [-0.1, -0.05) is 24.0 Å². The van der Waals surface area contributed by atoms with E-state index < -0.39 is 0 Å². The van der Waals surface area contributed by atoms with E-state index in [1.807, 2.05) is 37.3 Å². The summed E-state index contributed by atoms with van der Waals surface area (Å²) in [5.41, 5.74) is 11.2. The van der Waals surface area contributed by atoms with Crippen LogP contribution in [0.3, 0.4) is 0 Å². The monoisotopic (exact) mass is 510 g/mol. The molecule has 8 heteroatoms. The molecule has 0 saturated carbocycles. The largest absolute Gasteiger partial charge is 0.388 e. The minimum atomic E-state index is -0.142. The quantitative estimate of drug-likeness (QED) is 0.313. The zero-order valence-corrected chi connectivity index (χ0v) is 21.8. The molecule has 3 N–H and O–H groups in total. The van der Waals surface area contributed by atoms with Gasteiger partial charge in [-0.3, -0.25) is 9.78 Å². The van der Waals surface area contributed by atoms with Crippen molar-refractivity contribution in [1.82, 2.24) is 14.9 Å². The van der Waals surface area contributed by atoms with E-state index in [9.17, 15) is 9.18 Å². The first-order valence-electron chi connectivity index (χ1n) is 12.4. The van der Waals surface area contributed by atoms with Gasteiger partial charge in [0.15, 0.2) is 0 Å². The van der Waals surface area contributed by atoms with E-state index in [-0.39, 0.29) is 5.82 Å². The van der Waals surface area contributed by atoms with Crippen molar-refractivity contribution >= 4 is 34.4 Å².